The Morgan fingerprint density at radius 2 is 1.73 bits per heavy atom. The number of rotatable bonds is 8. The van der Waals surface area contributed by atoms with Gasteiger partial charge >= 0.3 is 0 Å². The van der Waals surface area contributed by atoms with Crippen molar-refractivity contribution in [1.82, 2.24) is 24.6 Å². The molecule has 1 aliphatic rings. The zero-order valence-electron chi connectivity index (χ0n) is 18.6. The van der Waals surface area contributed by atoms with Crippen molar-refractivity contribution in [3.63, 3.8) is 0 Å². The summed E-state index contributed by atoms with van der Waals surface area (Å²) in [6, 6.07) is 15.7. The Labute approximate surface area is 191 Å². The first-order valence-corrected chi connectivity index (χ1v) is 11.6. The summed E-state index contributed by atoms with van der Waals surface area (Å²) >= 11 is 0. The summed E-state index contributed by atoms with van der Waals surface area (Å²) in [6.07, 6.45) is 5.04. The molecule has 1 saturated heterocycles. The first-order chi connectivity index (χ1) is 16.2. The third kappa shape index (κ3) is 4.46. The molecule has 3 heterocycles. The number of nitrogens with zero attached hydrogens (tertiary/aromatic N) is 5. The predicted molar refractivity (Wildman–Crippen MR) is 129 cm³/mol. The van der Waals surface area contributed by atoms with E-state index in [1.807, 2.05) is 59.4 Å². The Bertz CT molecular complexity index is 1340. The van der Waals surface area contributed by atoms with Crippen molar-refractivity contribution in [3.8, 4) is 0 Å². The molecule has 1 N–H and O–H groups in total. The number of aromatic nitrogens is 4. The molecule has 0 spiro atoms. The zero-order chi connectivity index (χ0) is 22.6. The topological polar surface area (TPSA) is 85.0 Å². The maximum absolute atomic E-state index is 13.2. The molecular weight excluding hydrogens is 416 g/mol. The van der Waals surface area contributed by atoms with Crippen molar-refractivity contribution in [2.45, 2.75) is 38.8 Å². The number of anilines is 1. The predicted octanol–water partition coefficient (Wildman–Crippen LogP) is 2.94. The van der Waals surface area contributed by atoms with Crippen molar-refractivity contribution < 1.29 is 4.79 Å². The number of hydrogen-bond acceptors (Lipinski definition) is 5. The molecule has 0 atom stereocenters. The first kappa shape index (κ1) is 21.2. The fourth-order valence-corrected chi connectivity index (χ4v) is 4.50. The lowest BCUT2D eigenvalue weighted by molar-refractivity contribution is -0.121. The van der Waals surface area contributed by atoms with Gasteiger partial charge in [-0.15, -0.1) is 0 Å². The van der Waals surface area contributed by atoms with Gasteiger partial charge in [-0.1, -0.05) is 30.3 Å². The molecule has 33 heavy (non-hydrogen) atoms. The van der Waals surface area contributed by atoms with Crippen LogP contribution >= 0.6 is 0 Å². The number of hydrogen-bond donors (Lipinski definition) is 1. The lowest BCUT2D eigenvalue weighted by Gasteiger charge is -2.19. The van der Waals surface area contributed by atoms with Crippen LogP contribution in [0.2, 0.25) is 0 Å². The van der Waals surface area contributed by atoms with E-state index in [1.165, 1.54) is 0 Å². The highest BCUT2D eigenvalue weighted by Gasteiger charge is 2.20. The maximum atomic E-state index is 13.2. The zero-order valence-corrected chi connectivity index (χ0v) is 18.6. The van der Waals surface area contributed by atoms with Crippen molar-refractivity contribution in [3.05, 3.63) is 65.1 Å². The summed E-state index contributed by atoms with van der Waals surface area (Å²) < 4.78 is 3.66. The molecule has 2 aromatic carbocycles. The molecular formula is C25H28N6O2. The van der Waals surface area contributed by atoms with Gasteiger partial charge in [0.1, 0.15) is 0 Å². The van der Waals surface area contributed by atoms with Crippen LogP contribution in [0.5, 0.6) is 0 Å². The average molecular weight is 445 g/mol. The van der Waals surface area contributed by atoms with E-state index in [4.69, 9.17) is 0 Å². The minimum atomic E-state index is -0.117. The fraction of sp³-hybridized carbons (Fsp3) is 0.360. The molecule has 1 fully saturated rings. The molecule has 0 aliphatic carbocycles. The number of carbonyl (C=O) groups excluding carboxylic acids is 1. The number of carbonyl (C=O) groups is 1. The monoisotopic (exact) mass is 444 g/mol. The van der Waals surface area contributed by atoms with Crippen LogP contribution in [0.1, 0.15) is 25.7 Å². The smallest absolute Gasteiger partial charge is 0.294 e. The third-order valence-corrected chi connectivity index (χ3v) is 6.22. The summed E-state index contributed by atoms with van der Waals surface area (Å²) in [4.78, 5) is 32.4. The number of aryl methyl sites for hydroxylation is 2. The van der Waals surface area contributed by atoms with Crippen LogP contribution in [0.25, 0.3) is 21.9 Å². The third-order valence-electron chi connectivity index (χ3n) is 6.22. The Morgan fingerprint density at radius 3 is 2.58 bits per heavy atom. The van der Waals surface area contributed by atoms with E-state index in [-0.39, 0.29) is 17.9 Å². The van der Waals surface area contributed by atoms with E-state index in [0.29, 0.717) is 18.9 Å². The standard InChI is InChI=1S/C25H28N6O2/c32-23(26-13-7-16-31-21-10-3-1-8-19(21)18-27-31)12-17-30-22-11-4-2-9-20(22)28-24(25(30)33)29-14-5-6-15-29/h1-4,8-11,18H,5-7,12-17H2,(H,26,32). The van der Waals surface area contributed by atoms with Gasteiger partial charge in [-0.25, -0.2) is 4.98 Å². The molecule has 2 aromatic heterocycles. The van der Waals surface area contributed by atoms with E-state index in [0.717, 1.165) is 60.8 Å². The highest BCUT2D eigenvalue weighted by Crippen LogP contribution is 2.18. The van der Waals surface area contributed by atoms with E-state index in [2.05, 4.69) is 20.3 Å². The number of amides is 1. The first-order valence-electron chi connectivity index (χ1n) is 11.6. The van der Waals surface area contributed by atoms with E-state index < -0.39 is 0 Å². The lowest BCUT2D eigenvalue weighted by atomic mass is 10.2. The van der Waals surface area contributed by atoms with E-state index >= 15 is 0 Å². The van der Waals surface area contributed by atoms with Gasteiger partial charge in [-0.2, -0.15) is 5.10 Å². The van der Waals surface area contributed by atoms with E-state index in [1.54, 1.807) is 4.57 Å². The molecule has 0 saturated carbocycles. The van der Waals surface area contributed by atoms with Gasteiger partial charge in [0, 0.05) is 44.5 Å². The van der Waals surface area contributed by atoms with Crippen molar-refractivity contribution in [2.24, 2.45) is 0 Å². The van der Waals surface area contributed by atoms with Crippen molar-refractivity contribution in [1.29, 1.82) is 0 Å². The van der Waals surface area contributed by atoms with Crippen molar-refractivity contribution >= 4 is 33.7 Å². The van der Waals surface area contributed by atoms with Crippen LogP contribution in [0.4, 0.5) is 5.82 Å². The molecule has 1 amide bonds. The second-order valence-corrected chi connectivity index (χ2v) is 8.46. The minimum absolute atomic E-state index is 0.0594. The molecule has 4 aromatic rings. The van der Waals surface area contributed by atoms with Crippen LogP contribution in [-0.2, 0) is 17.9 Å². The van der Waals surface area contributed by atoms with Gasteiger partial charge in [-0.3, -0.25) is 14.3 Å². The number of benzene rings is 2. The second kappa shape index (κ2) is 9.44. The van der Waals surface area contributed by atoms with Gasteiger partial charge in [0.15, 0.2) is 5.82 Å². The number of para-hydroxylation sites is 3. The van der Waals surface area contributed by atoms with Crippen LogP contribution in [-0.4, -0.2) is 44.9 Å². The van der Waals surface area contributed by atoms with Gasteiger partial charge in [0.2, 0.25) is 5.91 Å². The van der Waals surface area contributed by atoms with E-state index in [9.17, 15) is 9.59 Å². The van der Waals surface area contributed by atoms with Gasteiger partial charge in [0.05, 0.1) is 22.7 Å². The highest BCUT2D eigenvalue weighted by molar-refractivity contribution is 5.79. The average Bonchev–Trinajstić information content (AvgIpc) is 3.51. The molecule has 0 radical (unpaired) electrons. The Balaban J connectivity index is 1.21. The SMILES string of the molecule is O=C(CCn1c(=O)c(N2CCCC2)nc2ccccc21)NCCCn1ncc2ccccc21. The van der Waals surface area contributed by atoms with Gasteiger partial charge in [0.25, 0.3) is 5.56 Å². The molecule has 8 nitrogen and oxygen atoms in total. The van der Waals surface area contributed by atoms with Crippen LogP contribution in [0.3, 0.4) is 0 Å². The summed E-state index contributed by atoms with van der Waals surface area (Å²) in [5, 5.41) is 8.52. The second-order valence-electron chi connectivity index (χ2n) is 8.46. The Morgan fingerprint density at radius 1 is 0.970 bits per heavy atom. The lowest BCUT2D eigenvalue weighted by Crippen LogP contribution is -2.33. The maximum Gasteiger partial charge on any atom is 0.294 e. The Hall–Kier alpha value is -3.68. The molecule has 0 bridgehead atoms. The normalized spacial score (nSPS) is 13.8. The molecule has 8 heteroatoms. The summed E-state index contributed by atoms with van der Waals surface area (Å²) in [5.41, 5.74) is 2.53. The highest BCUT2D eigenvalue weighted by atomic mass is 16.2. The number of nitrogens with one attached hydrogen (secondary N) is 1. The number of fused-ring (bicyclic) bond motifs is 2. The molecule has 5 rings (SSSR count). The molecule has 0 unspecified atom stereocenters. The minimum Gasteiger partial charge on any atom is -0.356 e. The summed E-state index contributed by atoms with van der Waals surface area (Å²) in [5.74, 6) is 0.439. The molecule has 170 valence electrons. The van der Waals surface area contributed by atoms with Crippen LogP contribution < -0.4 is 15.8 Å². The Kier molecular flexibility index (Phi) is 6.06. The van der Waals surface area contributed by atoms with Crippen LogP contribution in [0.15, 0.2) is 59.5 Å². The molecule has 1 aliphatic heterocycles. The van der Waals surface area contributed by atoms with Gasteiger partial charge in [-0.05, 0) is 37.5 Å². The van der Waals surface area contributed by atoms with Crippen molar-refractivity contribution in [2.75, 3.05) is 24.5 Å². The summed E-state index contributed by atoms with van der Waals surface area (Å²) in [6.45, 7) is 3.34. The fourth-order valence-electron chi connectivity index (χ4n) is 4.50. The summed E-state index contributed by atoms with van der Waals surface area (Å²) in [7, 11) is 0. The van der Waals surface area contributed by atoms with Gasteiger partial charge < -0.3 is 14.8 Å². The largest absolute Gasteiger partial charge is 0.356 e. The quantitative estimate of drug-likeness (QED) is 0.423. The van der Waals surface area contributed by atoms with Crippen LogP contribution in [0, 0.1) is 0 Å².